The molecular formula is C14H21FN2O2. The van der Waals surface area contributed by atoms with Crippen molar-refractivity contribution in [3.63, 3.8) is 0 Å². The summed E-state index contributed by atoms with van der Waals surface area (Å²) in [5.74, 6) is -0.437. The van der Waals surface area contributed by atoms with Crippen LogP contribution in [-0.2, 0) is 4.74 Å². The molecule has 0 fully saturated rings. The normalized spacial score (nSPS) is 12.9. The van der Waals surface area contributed by atoms with Crippen molar-refractivity contribution in [2.24, 2.45) is 5.73 Å². The standard InChI is InChI=1S/C14H21FN2O2/c1-9(8-16)11-7-10(5-6-12(11)15)17-13(18)19-14(2,3)4/h5-7,9H,8,16H2,1-4H3,(H,17,18). The molecule has 0 heterocycles. The second kappa shape index (κ2) is 6.02. The summed E-state index contributed by atoms with van der Waals surface area (Å²) in [5.41, 5.74) is 5.93. The van der Waals surface area contributed by atoms with Gasteiger partial charge in [0.2, 0.25) is 0 Å². The molecule has 0 aromatic heterocycles. The van der Waals surface area contributed by atoms with E-state index in [1.807, 2.05) is 6.92 Å². The van der Waals surface area contributed by atoms with Gasteiger partial charge in [-0.2, -0.15) is 0 Å². The smallest absolute Gasteiger partial charge is 0.412 e. The van der Waals surface area contributed by atoms with Gasteiger partial charge in [0.1, 0.15) is 11.4 Å². The highest BCUT2D eigenvalue weighted by atomic mass is 19.1. The maximum Gasteiger partial charge on any atom is 0.412 e. The lowest BCUT2D eigenvalue weighted by atomic mass is 10.0. The lowest BCUT2D eigenvalue weighted by Gasteiger charge is -2.20. The van der Waals surface area contributed by atoms with E-state index in [2.05, 4.69) is 5.32 Å². The van der Waals surface area contributed by atoms with E-state index in [4.69, 9.17) is 10.5 Å². The lowest BCUT2D eigenvalue weighted by Crippen LogP contribution is -2.27. The van der Waals surface area contributed by atoms with E-state index in [-0.39, 0.29) is 11.7 Å². The van der Waals surface area contributed by atoms with Crippen LogP contribution >= 0.6 is 0 Å². The molecular weight excluding hydrogens is 247 g/mol. The number of halogens is 1. The summed E-state index contributed by atoms with van der Waals surface area (Å²) in [7, 11) is 0. The molecule has 1 aromatic rings. The van der Waals surface area contributed by atoms with E-state index in [1.165, 1.54) is 12.1 Å². The fraction of sp³-hybridized carbons (Fsp3) is 0.500. The van der Waals surface area contributed by atoms with Gasteiger partial charge < -0.3 is 10.5 Å². The molecule has 0 saturated heterocycles. The number of benzene rings is 1. The first-order chi connectivity index (χ1) is 8.73. The largest absolute Gasteiger partial charge is 0.444 e. The number of nitrogens with one attached hydrogen (secondary N) is 1. The quantitative estimate of drug-likeness (QED) is 0.884. The summed E-state index contributed by atoms with van der Waals surface area (Å²) in [4.78, 5) is 11.6. The molecule has 19 heavy (non-hydrogen) atoms. The van der Waals surface area contributed by atoms with Crippen molar-refractivity contribution in [3.8, 4) is 0 Å². The number of carbonyl (C=O) groups is 1. The van der Waals surface area contributed by atoms with Crippen LogP contribution < -0.4 is 11.1 Å². The Kier molecular flexibility index (Phi) is 4.89. The van der Waals surface area contributed by atoms with Crippen molar-refractivity contribution in [1.82, 2.24) is 0 Å². The Morgan fingerprint density at radius 3 is 2.63 bits per heavy atom. The van der Waals surface area contributed by atoms with Gasteiger partial charge in [-0.25, -0.2) is 9.18 Å². The Labute approximate surface area is 113 Å². The second-order valence-corrected chi connectivity index (χ2v) is 5.50. The molecule has 0 aliphatic heterocycles. The number of anilines is 1. The highest BCUT2D eigenvalue weighted by Crippen LogP contribution is 2.22. The van der Waals surface area contributed by atoms with Gasteiger partial charge >= 0.3 is 6.09 Å². The van der Waals surface area contributed by atoms with Crippen LogP contribution in [0.1, 0.15) is 39.2 Å². The molecule has 0 aliphatic carbocycles. The summed E-state index contributed by atoms with van der Waals surface area (Å²) in [6.45, 7) is 7.50. The maximum atomic E-state index is 13.6. The van der Waals surface area contributed by atoms with Crippen molar-refractivity contribution in [1.29, 1.82) is 0 Å². The highest BCUT2D eigenvalue weighted by Gasteiger charge is 2.17. The topological polar surface area (TPSA) is 64.3 Å². The third-order valence-corrected chi connectivity index (χ3v) is 2.53. The van der Waals surface area contributed by atoms with Gasteiger partial charge in [0.25, 0.3) is 0 Å². The zero-order valence-corrected chi connectivity index (χ0v) is 11.8. The van der Waals surface area contributed by atoms with E-state index in [0.29, 0.717) is 17.8 Å². The van der Waals surface area contributed by atoms with Gasteiger partial charge in [-0.05, 0) is 57.0 Å². The fourth-order valence-electron chi connectivity index (χ4n) is 1.55. The minimum atomic E-state index is -0.572. The zero-order chi connectivity index (χ0) is 14.6. The molecule has 1 aromatic carbocycles. The van der Waals surface area contributed by atoms with Crippen LogP contribution in [0.2, 0.25) is 0 Å². The average molecular weight is 268 g/mol. The third-order valence-electron chi connectivity index (χ3n) is 2.53. The van der Waals surface area contributed by atoms with Gasteiger partial charge in [0.05, 0.1) is 0 Å². The van der Waals surface area contributed by atoms with Crippen molar-refractivity contribution in [2.45, 2.75) is 39.2 Å². The molecule has 0 spiro atoms. The monoisotopic (exact) mass is 268 g/mol. The molecule has 4 nitrogen and oxygen atoms in total. The number of rotatable bonds is 3. The number of carbonyl (C=O) groups excluding carboxylic acids is 1. The van der Waals surface area contributed by atoms with Crippen LogP contribution in [0, 0.1) is 5.82 Å². The molecule has 0 bridgehead atoms. The van der Waals surface area contributed by atoms with Gasteiger partial charge in [0.15, 0.2) is 0 Å². The van der Waals surface area contributed by atoms with E-state index in [9.17, 15) is 9.18 Å². The summed E-state index contributed by atoms with van der Waals surface area (Å²) in [5, 5.41) is 2.58. The van der Waals surface area contributed by atoms with E-state index >= 15 is 0 Å². The van der Waals surface area contributed by atoms with Crippen molar-refractivity contribution < 1.29 is 13.9 Å². The number of ether oxygens (including phenoxy) is 1. The maximum absolute atomic E-state index is 13.6. The van der Waals surface area contributed by atoms with E-state index in [0.717, 1.165) is 0 Å². The Morgan fingerprint density at radius 1 is 1.47 bits per heavy atom. The summed E-state index contributed by atoms with van der Waals surface area (Å²) in [6.07, 6.45) is -0.564. The molecule has 3 N–H and O–H groups in total. The van der Waals surface area contributed by atoms with Crippen LogP contribution in [0.15, 0.2) is 18.2 Å². The highest BCUT2D eigenvalue weighted by molar-refractivity contribution is 5.85. The summed E-state index contributed by atoms with van der Waals surface area (Å²) >= 11 is 0. The van der Waals surface area contributed by atoms with Gasteiger partial charge in [-0.1, -0.05) is 6.92 Å². The number of hydrogen-bond acceptors (Lipinski definition) is 3. The predicted molar refractivity (Wildman–Crippen MR) is 73.7 cm³/mol. The van der Waals surface area contributed by atoms with Crippen LogP contribution in [0.4, 0.5) is 14.9 Å². The molecule has 1 atom stereocenters. The van der Waals surface area contributed by atoms with Gasteiger partial charge in [-0.3, -0.25) is 5.32 Å². The van der Waals surface area contributed by atoms with E-state index < -0.39 is 11.7 Å². The fourth-order valence-corrected chi connectivity index (χ4v) is 1.55. The molecule has 1 rings (SSSR count). The Hall–Kier alpha value is -1.62. The summed E-state index contributed by atoms with van der Waals surface area (Å²) < 4.78 is 18.7. The van der Waals surface area contributed by atoms with E-state index in [1.54, 1.807) is 26.8 Å². The van der Waals surface area contributed by atoms with Crippen LogP contribution in [0.5, 0.6) is 0 Å². The van der Waals surface area contributed by atoms with Crippen LogP contribution in [0.25, 0.3) is 0 Å². The van der Waals surface area contributed by atoms with Gasteiger partial charge in [-0.15, -0.1) is 0 Å². The zero-order valence-electron chi connectivity index (χ0n) is 11.8. The Bertz CT molecular complexity index is 455. The van der Waals surface area contributed by atoms with Gasteiger partial charge in [0, 0.05) is 5.69 Å². The molecule has 106 valence electrons. The molecule has 1 amide bonds. The number of nitrogens with two attached hydrogens (primary N) is 1. The SMILES string of the molecule is CC(CN)c1cc(NC(=O)OC(C)(C)C)ccc1F. The first kappa shape index (κ1) is 15.4. The van der Waals surface area contributed by atoms with Crippen LogP contribution in [0.3, 0.4) is 0 Å². The lowest BCUT2D eigenvalue weighted by molar-refractivity contribution is 0.0636. The Balaban J connectivity index is 2.83. The number of hydrogen-bond donors (Lipinski definition) is 2. The van der Waals surface area contributed by atoms with Crippen molar-refractivity contribution >= 4 is 11.8 Å². The third kappa shape index (κ3) is 4.87. The molecule has 0 radical (unpaired) electrons. The number of amides is 1. The van der Waals surface area contributed by atoms with Crippen molar-refractivity contribution in [2.75, 3.05) is 11.9 Å². The molecule has 5 heteroatoms. The first-order valence-corrected chi connectivity index (χ1v) is 6.22. The predicted octanol–water partition coefficient (Wildman–Crippen LogP) is 3.23. The van der Waals surface area contributed by atoms with Crippen LogP contribution in [-0.4, -0.2) is 18.2 Å². The second-order valence-electron chi connectivity index (χ2n) is 5.50. The first-order valence-electron chi connectivity index (χ1n) is 6.22. The molecule has 0 aliphatic rings. The minimum absolute atomic E-state index is 0.111. The van der Waals surface area contributed by atoms with Crippen molar-refractivity contribution in [3.05, 3.63) is 29.6 Å². The minimum Gasteiger partial charge on any atom is -0.444 e. The summed E-state index contributed by atoms with van der Waals surface area (Å²) in [6, 6.07) is 4.39. The Morgan fingerprint density at radius 2 is 2.11 bits per heavy atom. The average Bonchev–Trinajstić information content (AvgIpc) is 2.28. The molecule has 1 unspecified atom stereocenters. The molecule has 0 saturated carbocycles.